The van der Waals surface area contributed by atoms with Gasteiger partial charge >= 0.3 is 0 Å². The maximum Gasteiger partial charge on any atom is 0.244 e. The molecule has 1 aliphatic rings. The number of ether oxygens (including phenoxy) is 1. The van der Waals surface area contributed by atoms with Crippen LogP contribution in [0.2, 0.25) is 0 Å². The van der Waals surface area contributed by atoms with Gasteiger partial charge in [-0.3, -0.25) is 4.79 Å². The van der Waals surface area contributed by atoms with Gasteiger partial charge in [0.1, 0.15) is 18.7 Å². The second-order valence-corrected chi connectivity index (χ2v) is 4.02. The Kier molecular flexibility index (Phi) is 4.05. The van der Waals surface area contributed by atoms with E-state index < -0.39 is 0 Å². The summed E-state index contributed by atoms with van der Waals surface area (Å²) < 4.78 is 6.83. The average molecular weight is 239 g/mol. The van der Waals surface area contributed by atoms with Crippen molar-refractivity contribution < 1.29 is 9.53 Å². The minimum atomic E-state index is -0.345. The summed E-state index contributed by atoms with van der Waals surface area (Å²) in [5.74, 6) is -0.0668. The van der Waals surface area contributed by atoms with E-state index in [2.05, 4.69) is 20.7 Å². The molecule has 0 aliphatic carbocycles. The van der Waals surface area contributed by atoms with Crippen LogP contribution in [0.15, 0.2) is 12.7 Å². The van der Waals surface area contributed by atoms with Crippen LogP contribution in [0.5, 0.6) is 0 Å². The number of carbonyl (C=O) groups excluding carboxylic acids is 1. The summed E-state index contributed by atoms with van der Waals surface area (Å²) in [6, 6.07) is -0.155. The van der Waals surface area contributed by atoms with E-state index in [4.69, 9.17) is 4.74 Å². The molecular weight excluding hydrogens is 222 g/mol. The second-order valence-electron chi connectivity index (χ2n) is 4.02. The molecule has 1 fully saturated rings. The lowest BCUT2D eigenvalue weighted by atomic mass is 10.2. The number of hydrogen-bond donors (Lipinski definition) is 2. The fourth-order valence-corrected chi connectivity index (χ4v) is 1.66. The highest BCUT2D eigenvalue weighted by Crippen LogP contribution is 2.01. The van der Waals surface area contributed by atoms with Gasteiger partial charge in [0.2, 0.25) is 5.91 Å². The second kappa shape index (κ2) is 5.74. The highest BCUT2D eigenvalue weighted by molar-refractivity contribution is 5.79. The molecule has 1 amide bonds. The fourth-order valence-electron chi connectivity index (χ4n) is 1.66. The summed E-state index contributed by atoms with van der Waals surface area (Å²) in [7, 11) is 0. The van der Waals surface area contributed by atoms with Gasteiger partial charge in [-0.15, -0.1) is 0 Å². The predicted octanol–water partition coefficient (Wildman–Crippen LogP) is -1.06. The van der Waals surface area contributed by atoms with Gasteiger partial charge in [0, 0.05) is 19.1 Å². The van der Waals surface area contributed by atoms with E-state index in [1.807, 2.05) is 0 Å². The molecule has 17 heavy (non-hydrogen) atoms. The van der Waals surface area contributed by atoms with Crippen LogP contribution in [0.25, 0.3) is 0 Å². The monoisotopic (exact) mass is 239 g/mol. The number of nitrogens with one attached hydrogen (secondary N) is 2. The SMILES string of the molecule is CC(C(=O)NCC1COCCN1)n1cncn1. The molecule has 2 N–H and O–H groups in total. The molecule has 2 rings (SSSR count). The number of rotatable bonds is 4. The first-order chi connectivity index (χ1) is 8.27. The van der Waals surface area contributed by atoms with Crippen LogP contribution >= 0.6 is 0 Å². The zero-order valence-electron chi connectivity index (χ0n) is 9.80. The number of nitrogens with zero attached hydrogens (tertiary/aromatic N) is 3. The molecule has 0 radical (unpaired) electrons. The van der Waals surface area contributed by atoms with Crippen molar-refractivity contribution in [3.8, 4) is 0 Å². The van der Waals surface area contributed by atoms with Crippen LogP contribution in [0.4, 0.5) is 0 Å². The summed E-state index contributed by atoms with van der Waals surface area (Å²) in [4.78, 5) is 15.6. The third kappa shape index (κ3) is 3.24. The number of amides is 1. The Balaban J connectivity index is 1.76. The average Bonchev–Trinajstić information content (AvgIpc) is 2.90. The van der Waals surface area contributed by atoms with E-state index >= 15 is 0 Å². The Morgan fingerprint density at radius 1 is 1.76 bits per heavy atom. The molecule has 2 atom stereocenters. The van der Waals surface area contributed by atoms with E-state index in [0.717, 1.165) is 13.2 Å². The van der Waals surface area contributed by atoms with Gasteiger partial charge in [-0.25, -0.2) is 9.67 Å². The molecular formula is C10H17N5O2. The summed E-state index contributed by atoms with van der Waals surface area (Å²) in [6.07, 6.45) is 2.95. The third-order valence-electron chi connectivity index (χ3n) is 2.73. The molecule has 94 valence electrons. The molecule has 1 saturated heterocycles. The molecule has 0 spiro atoms. The van der Waals surface area contributed by atoms with E-state index in [0.29, 0.717) is 13.2 Å². The van der Waals surface area contributed by atoms with Crippen LogP contribution in [0.1, 0.15) is 13.0 Å². The van der Waals surface area contributed by atoms with Crippen molar-refractivity contribution in [3.63, 3.8) is 0 Å². The largest absolute Gasteiger partial charge is 0.378 e. The smallest absolute Gasteiger partial charge is 0.244 e. The summed E-state index contributed by atoms with van der Waals surface area (Å²) in [5.41, 5.74) is 0. The maximum absolute atomic E-state index is 11.8. The van der Waals surface area contributed by atoms with Crippen LogP contribution in [0, 0.1) is 0 Å². The molecule has 7 nitrogen and oxygen atoms in total. The first-order valence-corrected chi connectivity index (χ1v) is 5.70. The lowest BCUT2D eigenvalue weighted by molar-refractivity contribution is -0.124. The van der Waals surface area contributed by atoms with Gasteiger partial charge in [0.05, 0.1) is 13.2 Å². The molecule has 2 unspecified atom stereocenters. The molecule has 2 heterocycles. The van der Waals surface area contributed by atoms with Crippen LogP contribution < -0.4 is 10.6 Å². The van der Waals surface area contributed by atoms with Gasteiger partial charge < -0.3 is 15.4 Å². The Bertz CT molecular complexity index is 348. The van der Waals surface area contributed by atoms with Gasteiger partial charge in [-0.1, -0.05) is 0 Å². The summed E-state index contributed by atoms with van der Waals surface area (Å²) in [6.45, 7) is 4.56. The highest BCUT2D eigenvalue weighted by Gasteiger charge is 2.18. The zero-order valence-corrected chi connectivity index (χ0v) is 9.80. The quantitative estimate of drug-likeness (QED) is 0.700. The summed E-state index contributed by atoms with van der Waals surface area (Å²) >= 11 is 0. The zero-order chi connectivity index (χ0) is 12.1. The lowest BCUT2D eigenvalue weighted by Crippen LogP contribution is -2.49. The van der Waals surface area contributed by atoms with E-state index in [-0.39, 0.29) is 18.0 Å². The Morgan fingerprint density at radius 3 is 3.29 bits per heavy atom. The predicted molar refractivity (Wildman–Crippen MR) is 60.4 cm³/mol. The van der Waals surface area contributed by atoms with Crippen molar-refractivity contribution in [2.24, 2.45) is 0 Å². The van der Waals surface area contributed by atoms with E-state index in [1.165, 1.54) is 17.3 Å². The van der Waals surface area contributed by atoms with Gasteiger partial charge in [0.15, 0.2) is 0 Å². The standard InChI is InChI=1S/C10H17N5O2/c1-8(15-7-11-6-14-15)10(16)13-4-9-5-17-3-2-12-9/h6-9,12H,2-5H2,1H3,(H,13,16). The van der Waals surface area contributed by atoms with Crippen molar-refractivity contribution in [1.29, 1.82) is 0 Å². The number of hydrogen-bond acceptors (Lipinski definition) is 5. The van der Waals surface area contributed by atoms with Crippen LogP contribution in [-0.2, 0) is 9.53 Å². The Hall–Kier alpha value is -1.47. The van der Waals surface area contributed by atoms with Crippen molar-refractivity contribution in [3.05, 3.63) is 12.7 Å². The fraction of sp³-hybridized carbons (Fsp3) is 0.700. The minimum Gasteiger partial charge on any atom is -0.378 e. The number of carbonyl (C=O) groups is 1. The molecule has 0 aromatic carbocycles. The normalized spacial score (nSPS) is 22.1. The topological polar surface area (TPSA) is 81.1 Å². The van der Waals surface area contributed by atoms with Crippen molar-refractivity contribution in [2.45, 2.75) is 19.0 Å². The third-order valence-corrected chi connectivity index (χ3v) is 2.73. The molecule has 1 aliphatic heterocycles. The van der Waals surface area contributed by atoms with Gasteiger partial charge in [-0.05, 0) is 6.92 Å². The Labute approximate surface area is 99.5 Å². The number of aromatic nitrogens is 3. The van der Waals surface area contributed by atoms with Crippen molar-refractivity contribution in [1.82, 2.24) is 25.4 Å². The first-order valence-electron chi connectivity index (χ1n) is 5.70. The lowest BCUT2D eigenvalue weighted by Gasteiger charge is -2.24. The number of morpholine rings is 1. The van der Waals surface area contributed by atoms with Crippen molar-refractivity contribution >= 4 is 5.91 Å². The van der Waals surface area contributed by atoms with Crippen molar-refractivity contribution in [2.75, 3.05) is 26.3 Å². The molecule has 0 bridgehead atoms. The van der Waals surface area contributed by atoms with E-state index in [1.54, 1.807) is 6.92 Å². The summed E-state index contributed by atoms with van der Waals surface area (Å²) in [5, 5.41) is 10.1. The molecule has 7 heteroatoms. The molecule has 0 saturated carbocycles. The van der Waals surface area contributed by atoms with Crippen LogP contribution in [0.3, 0.4) is 0 Å². The minimum absolute atomic E-state index is 0.0668. The highest BCUT2D eigenvalue weighted by atomic mass is 16.5. The Morgan fingerprint density at radius 2 is 2.65 bits per heavy atom. The van der Waals surface area contributed by atoms with E-state index in [9.17, 15) is 4.79 Å². The maximum atomic E-state index is 11.8. The van der Waals surface area contributed by atoms with Gasteiger partial charge in [-0.2, -0.15) is 5.10 Å². The van der Waals surface area contributed by atoms with Gasteiger partial charge in [0.25, 0.3) is 0 Å². The molecule has 1 aromatic heterocycles. The first kappa shape index (κ1) is 12.0. The molecule has 1 aromatic rings. The van der Waals surface area contributed by atoms with Crippen LogP contribution in [-0.4, -0.2) is 53.0 Å².